The monoisotopic (exact) mass is 367 g/mol. The topological polar surface area (TPSA) is 90.5 Å². The molecule has 3 aromatic heterocycles. The summed E-state index contributed by atoms with van der Waals surface area (Å²) in [5, 5.41) is 8.72. The Hall–Kier alpha value is -2.39. The van der Waals surface area contributed by atoms with Crippen molar-refractivity contribution >= 4 is 45.5 Å². The van der Waals surface area contributed by atoms with Crippen molar-refractivity contribution in [3.63, 3.8) is 0 Å². The zero-order valence-electron chi connectivity index (χ0n) is 13.2. The van der Waals surface area contributed by atoms with E-state index < -0.39 is 18.5 Å². The first-order valence-electron chi connectivity index (χ1n) is 6.96. The van der Waals surface area contributed by atoms with Gasteiger partial charge in [-0.3, -0.25) is 13.9 Å². The summed E-state index contributed by atoms with van der Waals surface area (Å²) in [6, 6.07) is 0. The van der Waals surface area contributed by atoms with Crippen LogP contribution in [-0.2, 0) is 16.6 Å². The molecule has 0 unspecified atom stereocenters. The summed E-state index contributed by atoms with van der Waals surface area (Å²) in [4.78, 5) is 28.8. The number of amides is 1. The van der Waals surface area contributed by atoms with Gasteiger partial charge in [0.05, 0.1) is 17.1 Å². The number of nitrogens with zero attached hydrogens (tertiary/aromatic N) is 4. The minimum atomic E-state index is -0.708. The molecule has 0 fully saturated rings. The Morgan fingerprint density at radius 2 is 2.17 bits per heavy atom. The van der Waals surface area contributed by atoms with E-state index in [2.05, 4.69) is 15.4 Å². The molecular formula is C14H14ClN5O3S. The molecule has 10 heteroatoms. The number of anilines is 1. The SMILES string of the molecule is Cc1nn(C)c(C)c1NC(=O)COC(=O)c1c(Cl)nc2sccn12. The van der Waals surface area contributed by atoms with E-state index in [9.17, 15) is 9.59 Å². The molecular weight excluding hydrogens is 354 g/mol. The third kappa shape index (κ3) is 2.87. The van der Waals surface area contributed by atoms with Gasteiger partial charge in [-0.25, -0.2) is 9.78 Å². The van der Waals surface area contributed by atoms with E-state index in [1.165, 1.54) is 15.7 Å². The van der Waals surface area contributed by atoms with E-state index in [0.29, 0.717) is 16.3 Å². The molecule has 0 atom stereocenters. The summed E-state index contributed by atoms with van der Waals surface area (Å²) >= 11 is 7.30. The highest BCUT2D eigenvalue weighted by Gasteiger charge is 2.21. The molecule has 0 spiro atoms. The first kappa shape index (κ1) is 16.5. The van der Waals surface area contributed by atoms with Crippen LogP contribution in [0, 0.1) is 13.8 Å². The van der Waals surface area contributed by atoms with Crippen molar-refractivity contribution in [2.24, 2.45) is 7.05 Å². The van der Waals surface area contributed by atoms with Gasteiger partial charge in [0.25, 0.3) is 5.91 Å². The minimum Gasteiger partial charge on any atom is -0.451 e. The molecule has 8 nitrogen and oxygen atoms in total. The van der Waals surface area contributed by atoms with Crippen LogP contribution in [-0.4, -0.2) is 37.6 Å². The van der Waals surface area contributed by atoms with Gasteiger partial charge < -0.3 is 10.1 Å². The Morgan fingerprint density at radius 1 is 1.42 bits per heavy atom. The van der Waals surface area contributed by atoms with Crippen molar-refractivity contribution in [2.75, 3.05) is 11.9 Å². The number of fused-ring (bicyclic) bond motifs is 1. The Balaban J connectivity index is 1.67. The van der Waals surface area contributed by atoms with Crippen molar-refractivity contribution in [1.29, 1.82) is 0 Å². The van der Waals surface area contributed by atoms with E-state index in [4.69, 9.17) is 16.3 Å². The van der Waals surface area contributed by atoms with Crippen LogP contribution < -0.4 is 5.32 Å². The quantitative estimate of drug-likeness (QED) is 0.714. The van der Waals surface area contributed by atoms with Crippen molar-refractivity contribution in [3.8, 4) is 0 Å². The number of hydrogen-bond donors (Lipinski definition) is 1. The number of ether oxygens (including phenoxy) is 1. The molecule has 0 bridgehead atoms. The second-order valence-electron chi connectivity index (χ2n) is 5.10. The normalized spacial score (nSPS) is 11.0. The van der Waals surface area contributed by atoms with Crippen molar-refractivity contribution in [2.45, 2.75) is 13.8 Å². The molecule has 1 N–H and O–H groups in total. The number of thiazole rings is 1. The number of imidazole rings is 1. The van der Waals surface area contributed by atoms with Gasteiger partial charge >= 0.3 is 5.97 Å². The lowest BCUT2D eigenvalue weighted by molar-refractivity contribution is -0.119. The molecule has 0 saturated heterocycles. The lowest BCUT2D eigenvalue weighted by atomic mass is 10.3. The highest BCUT2D eigenvalue weighted by molar-refractivity contribution is 7.15. The number of nitrogens with one attached hydrogen (secondary N) is 1. The maximum Gasteiger partial charge on any atom is 0.359 e. The van der Waals surface area contributed by atoms with Crippen LogP contribution in [0.5, 0.6) is 0 Å². The van der Waals surface area contributed by atoms with Crippen LogP contribution in [0.3, 0.4) is 0 Å². The minimum absolute atomic E-state index is 0.0474. The molecule has 1 amide bonds. The van der Waals surface area contributed by atoms with E-state index in [0.717, 1.165) is 5.69 Å². The molecule has 24 heavy (non-hydrogen) atoms. The summed E-state index contributed by atoms with van der Waals surface area (Å²) in [7, 11) is 1.78. The van der Waals surface area contributed by atoms with Gasteiger partial charge in [0.1, 0.15) is 0 Å². The average Bonchev–Trinajstić information content (AvgIpc) is 3.14. The van der Waals surface area contributed by atoms with Gasteiger partial charge in [0, 0.05) is 18.6 Å². The van der Waals surface area contributed by atoms with Crippen LogP contribution in [0.2, 0.25) is 5.15 Å². The molecule has 3 aromatic rings. The molecule has 0 aliphatic carbocycles. The molecule has 0 radical (unpaired) electrons. The Morgan fingerprint density at radius 3 is 2.83 bits per heavy atom. The van der Waals surface area contributed by atoms with E-state index in [1.807, 2.05) is 6.92 Å². The fourth-order valence-electron chi connectivity index (χ4n) is 2.27. The lowest BCUT2D eigenvalue weighted by Gasteiger charge is -2.07. The smallest absolute Gasteiger partial charge is 0.359 e. The third-order valence-electron chi connectivity index (χ3n) is 3.52. The number of esters is 1. The van der Waals surface area contributed by atoms with Gasteiger partial charge in [0.15, 0.2) is 22.4 Å². The summed E-state index contributed by atoms with van der Waals surface area (Å²) in [5.74, 6) is -1.16. The Labute approximate surface area is 146 Å². The molecule has 126 valence electrons. The van der Waals surface area contributed by atoms with Crippen LogP contribution in [0.1, 0.15) is 21.9 Å². The molecule has 3 heterocycles. The summed E-state index contributed by atoms with van der Waals surface area (Å²) in [5.41, 5.74) is 2.22. The van der Waals surface area contributed by atoms with Crippen molar-refractivity contribution in [1.82, 2.24) is 19.2 Å². The van der Waals surface area contributed by atoms with E-state index in [1.54, 1.807) is 30.2 Å². The zero-order chi connectivity index (χ0) is 17.4. The van der Waals surface area contributed by atoms with Crippen LogP contribution in [0.4, 0.5) is 5.69 Å². The van der Waals surface area contributed by atoms with Crippen LogP contribution in [0.25, 0.3) is 4.96 Å². The standard InChI is InChI=1S/C14H14ClN5O3S/c1-7-10(8(2)19(3)18-7)16-9(21)6-23-13(22)11-12(15)17-14-20(11)4-5-24-14/h4-5H,6H2,1-3H3,(H,16,21). The second kappa shape index (κ2) is 6.25. The fraction of sp³-hybridized carbons (Fsp3) is 0.286. The maximum absolute atomic E-state index is 12.2. The highest BCUT2D eigenvalue weighted by atomic mass is 35.5. The van der Waals surface area contributed by atoms with Gasteiger partial charge in [-0.1, -0.05) is 11.6 Å². The number of rotatable bonds is 4. The molecule has 0 saturated carbocycles. The number of hydrogen-bond acceptors (Lipinski definition) is 6. The van der Waals surface area contributed by atoms with Gasteiger partial charge in [-0.15, -0.1) is 11.3 Å². The summed E-state index contributed by atoms with van der Waals surface area (Å²) < 4.78 is 8.24. The first-order valence-corrected chi connectivity index (χ1v) is 8.22. The Kier molecular flexibility index (Phi) is 4.29. The largest absolute Gasteiger partial charge is 0.451 e. The number of carbonyl (C=O) groups is 2. The fourth-order valence-corrected chi connectivity index (χ4v) is 3.28. The number of carbonyl (C=O) groups excluding carboxylic acids is 2. The van der Waals surface area contributed by atoms with E-state index >= 15 is 0 Å². The number of aryl methyl sites for hydroxylation is 2. The average molecular weight is 368 g/mol. The maximum atomic E-state index is 12.2. The summed E-state index contributed by atoms with van der Waals surface area (Å²) in [6.07, 6.45) is 1.66. The van der Waals surface area contributed by atoms with Gasteiger partial charge in [-0.05, 0) is 13.8 Å². The predicted octanol–water partition coefficient (Wildman–Crippen LogP) is 2.20. The third-order valence-corrected chi connectivity index (χ3v) is 4.54. The van der Waals surface area contributed by atoms with Crippen molar-refractivity contribution in [3.05, 3.63) is 33.8 Å². The van der Waals surface area contributed by atoms with Gasteiger partial charge in [-0.2, -0.15) is 5.10 Å². The second-order valence-corrected chi connectivity index (χ2v) is 6.33. The first-order chi connectivity index (χ1) is 11.4. The Bertz CT molecular complexity index is 942. The highest BCUT2D eigenvalue weighted by Crippen LogP contribution is 2.22. The lowest BCUT2D eigenvalue weighted by Crippen LogP contribution is -2.22. The van der Waals surface area contributed by atoms with Gasteiger partial charge in [0.2, 0.25) is 0 Å². The molecule has 0 aromatic carbocycles. The van der Waals surface area contributed by atoms with E-state index in [-0.39, 0.29) is 10.8 Å². The van der Waals surface area contributed by atoms with Crippen molar-refractivity contribution < 1.29 is 14.3 Å². The molecule has 3 rings (SSSR count). The summed E-state index contributed by atoms with van der Waals surface area (Å²) in [6.45, 7) is 3.19. The van der Waals surface area contributed by atoms with Crippen LogP contribution >= 0.6 is 22.9 Å². The van der Waals surface area contributed by atoms with Crippen LogP contribution in [0.15, 0.2) is 11.6 Å². The number of halogens is 1. The number of aromatic nitrogens is 4. The zero-order valence-corrected chi connectivity index (χ0v) is 14.7. The molecule has 0 aliphatic rings. The molecule has 0 aliphatic heterocycles. The predicted molar refractivity (Wildman–Crippen MR) is 89.7 cm³/mol.